The Hall–Kier alpha value is -2.71. The van der Waals surface area contributed by atoms with Crippen molar-refractivity contribution in [3.63, 3.8) is 0 Å². The fraction of sp³-hybridized carbons (Fsp3) is 0.167. The van der Waals surface area contributed by atoms with Crippen molar-refractivity contribution < 1.29 is 9.50 Å². The van der Waals surface area contributed by atoms with E-state index < -0.39 is 12.0 Å². The van der Waals surface area contributed by atoms with Gasteiger partial charge in [0.2, 0.25) is 0 Å². The van der Waals surface area contributed by atoms with Crippen molar-refractivity contribution in [1.82, 2.24) is 19.7 Å². The molecule has 6 nitrogen and oxygen atoms in total. The molecule has 1 aromatic carbocycles. The Bertz CT molecular complexity index is 871. The number of aromatic nitrogens is 4. The van der Waals surface area contributed by atoms with Gasteiger partial charge >= 0.3 is 0 Å². The number of thioether (sulfide) groups is 1. The maximum atomic E-state index is 13.6. The summed E-state index contributed by atoms with van der Waals surface area (Å²) in [6.07, 6.45) is 4.22. The van der Waals surface area contributed by atoms with E-state index in [0.29, 0.717) is 17.5 Å². The lowest BCUT2D eigenvalue weighted by Gasteiger charge is -2.14. The number of aliphatic hydroxyl groups excluding tert-OH is 1. The van der Waals surface area contributed by atoms with Crippen LogP contribution in [0.3, 0.4) is 0 Å². The summed E-state index contributed by atoms with van der Waals surface area (Å²) in [7, 11) is 0. The first-order valence-corrected chi connectivity index (χ1v) is 8.94. The Labute approximate surface area is 154 Å². The van der Waals surface area contributed by atoms with E-state index in [9.17, 15) is 9.50 Å². The summed E-state index contributed by atoms with van der Waals surface area (Å²) in [6, 6.07) is 9.94. The minimum atomic E-state index is -0.937. The number of hydrogen-bond donors (Lipinski definition) is 2. The van der Waals surface area contributed by atoms with Gasteiger partial charge in [-0.2, -0.15) is 0 Å². The Morgan fingerprint density at radius 1 is 1.27 bits per heavy atom. The minimum Gasteiger partial charge on any atom is -0.373 e. The molecule has 0 bridgehead atoms. The fourth-order valence-corrected chi connectivity index (χ4v) is 3.16. The zero-order valence-electron chi connectivity index (χ0n) is 13.9. The van der Waals surface area contributed by atoms with Crippen molar-refractivity contribution >= 4 is 17.4 Å². The molecule has 0 aliphatic rings. The Kier molecular flexibility index (Phi) is 5.98. The Morgan fingerprint density at radius 3 is 2.85 bits per heavy atom. The van der Waals surface area contributed by atoms with Crippen LogP contribution in [0.4, 0.5) is 10.1 Å². The van der Waals surface area contributed by atoms with Gasteiger partial charge in [0.15, 0.2) is 11.0 Å². The average molecular weight is 371 g/mol. The lowest BCUT2D eigenvalue weighted by molar-refractivity contribution is 0.228. The van der Waals surface area contributed by atoms with Gasteiger partial charge in [-0.1, -0.05) is 30.0 Å². The number of pyridine rings is 1. The first-order valence-electron chi connectivity index (χ1n) is 7.95. The van der Waals surface area contributed by atoms with E-state index in [0.717, 1.165) is 5.56 Å². The molecule has 0 saturated heterocycles. The summed E-state index contributed by atoms with van der Waals surface area (Å²) < 4.78 is 15.5. The van der Waals surface area contributed by atoms with Gasteiger partial charge in [0.1, 0.15) is 12.0 Å². The summed E-state index contributed by atoms with van der Waals surface area (Å²) in [5.74, 6) is 0.540. The molecule has 2 N–H and O–H groups in total. The fourth-order valence-electron chi connectivity index (χ4n) is 2.35. The van der Waals surface area contributed by atoms with E-state index in [2.05, 4.69) is 27.1 Å². The lowest BCUT2D eigenvalue weighted by Crippen LogP contribution is -2.22. The van der Waals surface area contributed by atoms with Crippen molar-refractivity contribution in [2.24, 2.45) is 0 Å². The molecule has 2 aromatic heterocycles. The number of benzene rings is 1. The first kappa shape index (κ1) is 18.1. The number of nitrogens with one attached hydrogen (secondary N) is 1. The van der Waals surface area contributed by atoms with Crippen LogP contribution in [-0.2, 0) is 6.54 Å². The molecule has 0 spiro atoms. The SMILES string of the molecule is C=CCn1c(SCC(O)Nc2ccccc2F)nnc1-c1cccnc1. The van der Waals surface area contributed by atoms with Crippen LogP contribution in [0.2, 0.25) is 0 Å². The van der Waals surface area contributed by atoms with E-state index in [1.807, 2.05) is 16.7 Å². The smallest absolute Gasteiger partial charge is 0.191 e. The number of aliphatic hydroxyl groups is 1. The second-order valence-corrected chi connectivity index (χ2v) is 6.39. The molecule has 1 unspecified atom stereocenters. The minimum absolute atomic E-state index is 0.254. The van der Waals surface area contributed by atoms with Gasteiger partial charge in [-0.15, -0.1) is 16.8 Å². The summed E-state index contributed by atoms with van der Waals surface area (Å²) in [5.41, 5.74) is 1.10. The van der Waals surface area contributed by atoms with Crippen LogP contribution in [0.1, 0.15) is 0 Å². The van der Waals surface area contributed by atoms with E-state index in [-0.39, 0.29) is 11.4 Å². The second kappa shape index (κ2) is 8.59. The van der Waals surface area contributed by atoms with Crippen LogP contribution in [0.15, 0.2) is 66.6 Å². The van der Waals surface area contributed by atoms with Gasteiger partial charge in [0.05, 0.1) is 5.69 Å². The molecule has 2 heterocycles. The molecule has 26 heavy (non-hydrogen) atoms. The summed E-state index contributed by atoms with van der Waals surface area (Å²) in [4.78, 5) is 4.10. The van der Waals surface area contributed by atoms with Gasteiger partial charge in [0, 0.05) is 30.3 Å². The molecule has 0 amide bonds. The van der Waals surface area contributed by atoms with E-state index in [1.54, 1.807) is 36.7 Å². The first-order chi connectivity index (χ1) is 12.7. The lowest BCUT2D eigenvalue weighted by atomic mass is 10.3. The number of anilines is 1. The molecule has 1 atom stereocenters. The number of allylic oxidation sites excluding steroid dienone is 1. The largest absolute Gasteiger partial charge is 0.373 e. The quantitative estimate of drug-likeness (QED) is 0.360. The topological polar surface area (TPSA) is 75.9 Å². The third-order valence-electron chi connectivity index (χ3n) is 3.51. The average Bonchev–Trinajstić information content (AvgIpc) is 3.06. The standard InChI is InChI=1S/C18H18FN5OS/c1-2-10-24-17(13-6-5-9-20-11-13)22-23-18(24)26-12-16(25)21-15-8-4-3-7-14(15)19/h2-9,11,16,21,25H,1,10,12H2. The highest BCUT2D eigenvalue weighted by Crippen LogP contribution is 2.24. The second-order valence-electron chi connectivity index (χ2n) is 5.40. The van der Waals surface area contributed by atoms with E-state index in [1.165, 1.54) is 17.8 Å². The normalized spacial score (nSPS) is 11.9. The van der Waals surface area contributed by atoms with Crippen LogP contribution in [0, 0.1) is 5.82 Å². The third kappa shape index (κ3) is 4.27. The van der Waals surface area contributed by atoms with E-state index >= 15 is 0 Å². The molecular weight excluding hydrogens is 353 g/mol. The highest BCUT2D eigenvalue weighted by atomic mass is 32.2. The van der Waals surface area contributed by atoms with Gasteiger partial charge in [-0.25, -0.2) is 4.39 Å². The molecule has 8 heteroatoms. The number of para-hydroxylation sites is 1. The number of nitrogens with zero attached hydrogens (tertiary/aromatic N) is 4. The van der Waals surface area contributed by atoms with E-state index in [4.69, 9.17) is 0 Å². The van der Waals surface area contributed by atoms with Crippen LogP contribution in [0.25, 0.3) is 11.4 Å². The molecule has 134 valence electrons. The molecule has 0 fully saturated rings. The molecule has 0 saturated carbocycles. The van der Waals surface area contributed by atoms with Crippen molar-refractivity contribution in [1.29, 1.82) is 0 Å². The maximum absolute atomic E-state index is 13.6. The predicted octanol–water partition coefficient (Wildman–Crippen LogP) is 3.19. The van der Waals surface area contributed by atoms with Crippen molar-refractivity contribution in [2.75, 3.05) is 11.1 Å². The predicted molar refractivity (Wildman–Crippen MR) is 100 cm³/mol. The van der Waals surface area contributed by atoms with Gasteiger partial charge < -0.3 is 10.4 Å². The van der Waals surface area contributed by atoms with Crippen LogP contribution in [-0.4, -0.2) is 36.8 Å². The molecule has 3 aromatic rings. The van der Waals surface area contributed by atoms with Gasteiger partial charge in [-0.3, -0.25) is 9.55 Å². The highest BCUT2D eigenvalue weighted by molar-refractivity contribution is 7.99. The van der Waals surface area contributed by atoms with Crippen LogP contribution in [0.5, 0.6) is 0 Å². The monoisotopic (exact) mass is 371 g/mol. The number of hydrogen-bond acceptors (Lipinski definition) is 6. The number of rotatable bonds is 8. The van der Waals surface area contributed by atoms with Crippen molar-refractivity contribution in [3.05, 3.63) is 67.3 Å². The molecule has 0 radical (unpaired) electrons. The van der Waals surface area contributed by atoms with Gasteiger partial charge in [0.25, 0.3) is 0 Å². The Morgan fingerprint density at radius 2 is 2.12 bits per heavy atom. The summed E-state index contributed by atoms with van der Waals surface area (Å²) >= 11 is 1.32. The summed E-state index contributed by atoms with van der Waals surface area (Å²) in [6.45, 7) is 4.29. The third-order valence-corrected chi connectivity index (χ3v) is 4.56. The zero-order valence-corrected chi connectivity index (χ0v) is 14.7. The Balaban J connectivity index is 1.70. The molecule has 0 aliphatic heterocycles. The summed E-state index contributed by atoms with van der Waals surface area (Å²) in [5, 5.41) is 21.9. The highest BCUT2D eigenvalue weighted by Gasteiger charge is 2.15. The molecule has 3 rings (SSSR count). The van der Waals surface area contributed by atoms with Crippen LogP contribution >= 0.6 is 11.8 Å². The number of halogens is 1. The molecule has 0 aliphatic carbocycles. The molecular formula is C18H18FN5OS. The maximum Gasteiger partial charge on any atom is 0.191 e. The van der Waals surface area contributed by atoms with Gasteiger partial charge in [-0.05, 0) is 24.3 Å². The van der Waals surface area contributed by atoms with Crippen LogP contribution < -0.4 is 5.32 Å². The van der Waals surface area contributed by atoms with Crippen molar-refractivity contribution in [2.45, 2.75) is 17.9 Å². The van der Waals surface area contributed by atoms with Crippen molar-refractivity contribution in [3.8, 4) is 11.4 Å². The zero-order chi connectivity index (χ0) is 18.4.